The van der Waals surface area contributed by atoms with Gasteiger partial charge < -0.3 is 20.5 Å². The second-order valence-corrected chi connectivity index (χ2v) is 8.14. The van der Waals surface area contributed by atoms with E-state index in [4.69, 9.17) is 26.8 Å². The van der Waals surface area contributed by atoms with Crippen LogP contribution in [-0.2, 0) is 11.4 Å². The molecule has 3 aromatic rings. The maximum Gasteiger partial charge on any atom is 0.250 e. The topological polar surface area (TPSA) is 90.6 Å². The van der Waals surface area contributed by atoms with Crippen molar-refractivity contribution in [3.63, 3.8) is 0 Å². The molecule has 0 saturated heterocycles. The fourth-order valence-electron chi connectivity index (χ4n) is 3.01. The van der Waals surface area contributed by atoms with E-state index in [2.05, 4.69) is 21.2 Å². The molecule has 3 aromatic carbocycles. The summed E-state index contributed by atoms with van der Waals surface area (Å²) in [5, 5.41) is 3.29. The van der Waals surface area contributed by atoms with Gasteiger partial charge in [-0.3, -0.25) is 9.59 Å². The zero-order valence-corrected chi connectivity index (χ0v) is 20.2. The van der Waals surface area contributed by atoms with Crippen molar-refractivity contribution in [3.05, 3.63) is 92.9 Å². The van der Waals surface area contributed by atoms with Crippen molar-refractivity contribution in [2.24, 2.45) is 5.73 Å². The van der Waals surface area contributed by atoms with Crippen LogP contribution in [0.2, 0.25) is 5.02 Å². The Kier molecular flexibility index (Phi) is 8.52. The molecule has 0 bridgehead atoms. The predicted molar refractivity (Wildman–Crippen MR) is 134 cm³/mol. The Balaban J connectivity index is 1.77. The molecule has 33 heavy (non-hydrogen) atoms. The van der Waals surface area contributed by atoms with Crippen LogP contribution in [0.25, 0.3) is 6.08 Å². The number of hydrogen-bond acceptors (Lipinski definition) is 4. The average Bonchev–Trinajstić information content (AvgIpc) is 2.78. The lowest BCUT2D eigenvalue weighted by Crippen LogP contribution is -2.16. The van der Waals surface area contributed by atoms with E-state index in [1.807, 2.05) is 31.2 Å². The third-order valence-corrected chi connectivity index (χ3v) is 5.50. The highest BCUT2D eigenvalue weighted by molar-refractivity contribution is 9.10. The molecule has 2 amide bonds. The molecule has 0 aliphatic rings. The summed E-state index contributed by atoms with van der Waals surface area (Å²) in [5.41, 5.74) is 7.51. The fourth-order valence-corrected chi connectivity index (χ4v) is 3.77. The van der Waals surface area contributed by atoms with Crippen molar-refractivity contribution in [1.29, 1.82) is 0 Å². The summed E-state index contributed by atoms with van der Waals surface area (Å²) in [7, 11) is 0. The summed E-state index contributed by atoms with van der Waals surface area (Å²) in [4.78, 5) is 23.9. The van der Waals surface area contributed by atoms with Gasteiger partial charge in [-0.1, -0.05) is 41.9 Å². The molecule has 0 aromatic heterocycles. The maximum absolute atomic E-state index is 12.4. The van der Waals surface area contributed by atoms with Gasteiger partial charge in [0.05, 0.1) is 22.3 Å². The van der Waals surface area contributed by atoms with Gasteiger partial charge in [0.25, 0.3) is 5.91 Å². The van der Waals surface area contributed by atoms with E-state index in [-0.39, 0.29) is 12.2 Å². The first-order chi connectivity index (χ1) is 15.9. The number of benzene rings is 3. The third kappa shape index (κ3) is 6.60. The van der Waals surface area contributed by atoms with Crippen LogP contribution in [0.15, 0.2) is 71.2 Å². The van der Waals surface area contributed by atoms with Crippen LogP contribution in [0, 0.1) is 0 Å². The average molecular weight is 530 g/mol. The van der Waals surface area contributed by atoms with Gasteiger partial charge in [-0.25, -0.2) is 0 Å². The molecular formula is C25H22BrClN2O4. The normalized spacial score (nSPS) is 10.8. The SMILES string of the molecule is CCOc1cc(/C=C/C(=O)Nc2ccccc2C(N)=O)cc(Br)c1OCc1ccccc1Cl. The van der Waals surface area contributed by atoms with E-state index in [1.165, 1.54) is 6.08 Å². The highest BCUT2D eigenvalue weighted by Gasteiger charge is 2.13. The molecule has 0 saturated carbocycles. The molecule has 0 aliphatic carbocycles. The Morgan fingerprint density at radius 2 is 1.82 bits per heavy atom. The lowest BCUT2D eigenvalue weighted by molar-refractivity contribution is -0.111. The maximum atomic E-state index is 12.4. The first kappa shape index (κ1) is 24.4. The number of ether oxygens (including phenoxy) is 2. The van der Waals surface area contributed by atoms with E-state index in [0.717, 1.165) is 5.56 Å². The van der Waals surface area contributed by atoms with Gasteiger partial charge in [0.15, 0.2) is 11.5 Å². The van der Waals surface area contributed by atoms with Crippen LogP contribution in [0.4, 0.5) is 5.69 Å². The zero-order valence-electron chi connectivity index (χ0n) is 17.8. The number of rotatable bonds is 9. The fraction of sp³-hybridized carbons (Fsp3) is 0.120. The monoisotopic (exact) mass is 528 g/mol. The number of hydrogen-bond donors (Lipinski definition) is 2. The molecule has 0 heterocycles. The third-order valence-electron chi connectivity index (χ3n) is 4.54. The minimum Gasteiger partial charge on any atom is -0.490 e. The van der Waals surface area contributed by atoms with Gasteiger partial charge in [0.2, 0.25) is 5.91 Å². The minimum atomic E-state index is -0.618. The van der Waals surface area contributed by atoms with Crippen LogP contribution in [0.3, 0.4) is 0 Å². The van der Waals surface area contributed by atoms with Crippen LogP contribution in [-0.4, -0.2) is 18.4 Å². The van der Waals surface area contributed by atoms with Gasteiger partial charge in [-0.05, 0) is 64.8 Å². The first-order valence-corrected chi connectivity index (χ1v) is 11.3. The van der Waals surface area contributed by atoms with Gasteiger partial charge in [0.1, 0.15) is 6.61 Å². The molecule has 0 aliphatic heterocycles. The second kappa shape index (κ2) is 11.5. The Morgan fingerprint density at radius 1 is 1.09 bits per heavy atom. The summed E-state index contributed by atoms with van der Waals surface area (Å²) < 4.78 is 12.4. The summed E-state index contributed by atoms with van der Waals surface area (Å²) in [6.45, 7) is 2.58. The molecule has 170 valence electrons. The lowest BCUT2D eigenvalue weighted by Gasteiger charge is -2.15. The number of amides is 2. The highest BCUT2D eigenvalue weighted by atomic mass is 79.9. The summed E-state index contributed by atoms with van der Waals surface area (Å²) in [6, 6.07) is 17.6. The zero-order chi connectivity index (χ0) is 23.8. The summed E-state index contributed by atoms with van der Waals surface area (Å²) in [6.07, 6.45) is 2.99. The van der Waals surface area contributed by atoms with E-state index in [9.17, 15) is 9.59 Å². The Bertz CT molecular complexity index is 1200. The van der Waals surface area contributed by atoms with Crippen molar-refractivity contribution in [2.45, 2.75) is 13.5 Å². The van der Waals surface area contributed by atoms with E-state index >= 15 is 0 Å². The molecular weight excluding hydrogens is 508 g/mol. The molecule has 8 heteroatoms. The quantitative estimate of drug-likeness (QED) is 0.341. The van der Waals surface area contributed by atoms with Crippen molar-refractivity contribution in [3.8, 4) is 11.5 Å². The first-order valence-electron chi connectivity index (χ1n) is 10.1. The smallest absolute Gasteiger partial charge is 0.250 e. The molecule has 0 radical (unpaired) electrons. The minimum absolute atomic E-state index is 0.237. The number of nitrogens with one attached hydrogen (secondary N) is 1. The second-order valence-electron chi connectivity index (χ2n) is 6.88. The van der Waals surface area contributed by atoms with E-state index < -0.39 is 11.8 Å². The Hall–Kier alpha value is -3.29. The Morgan fingerprint density at radius 3 is 2.55 bits per heavy atom. The number of para-hydroxylation sites is 1. The number of nitrogens with two attached hydrogens (primary N) is 1. The molecule has 6 nitrogen and oxygen atoms in total. The van der Waals surface area contributed by atoms with E-state index in [1.54, 1.807) is 42.5 Å². The number of carbonyl (C=O) groups excluding carboxylic acids is 2. The number of halogens is 2. The summed E-state index contributed by atoms with van der Waals surface area (Å²) in [5.74, 6) is 0.0381. The highest BCUT2D eigenvalue weighted by Crippen LogP contribution is 2.38. The molecule has 0 spiro atoms. The largest absolute Gasteiger partial charge is 0.490 e. The van der Waals surface area contributed by atoms with Gasteiger partial charge in [-0.2, -0.15) is 0 Å². The van der Waals surface area contributed by atoms with Gasteiger partial charge in [-0.15, -0.1) is 0 Å². The van der Waals surface area contributed by atoms with Crippen LogP contribution >= 0.6 is 27.5 Å². The molecule has 0 unspecified atom stereocenters. The van der Waals surface area contributed by atoms with Crippen LogP contribution in [0.5, 0.6) is 11.5 Å². The standard InChI is InChI=1S/C25H22BrClN2O4/c1-2-32-22-14-16(11-12-23(30)29-21-10-6-4-8-18(21)25(28)31)13-19(26)24(22)33-15-17-7-3-5-9-20(17)27/h3-14H,2,15H2,1H3,(H2,28,31)(H,29,30)/b12-11+. The van der Waals surface area contributed by atoms with Crippen LogP contribution < -0.4 is 20.5 Å². The Labute approximate surface area is 205 Å². The molecule has 0 fully saturated rings. The predicted octanol–water partition coefficient (Wildman–Crippen LogP) is 5.83. The number of primary amides is 1. The van der Waals surface area contributed by atoms with Gasteiger partial charge >= 0.3 is 0 Å². The van der Waals surface area contributed by atoms with Crippen LogP contribution in [0.1, 0.15) is 28.4 Å². The summed E-state index contributed by atoms with van der Waals surface area (Å²) >= 11 is 9.74. The van der Waals surface area contributed by atoms with Crippen molar-refractivity contribution >= 4 is 51.1 Å². The molecule has 3 N–H and O–H groups in total. The number of anilines is 1. The molecule has 3 rings (SSSR count). The van der Waals surface area contributed by atoms with Crippen molar-refractivity contribution < 1.29 is 19.1 Å². The lowest BCUT2D eigenvalue weighted by atomic mass is 10.1. The van der Waals surface area contributed by atoms with Crippen molar-refractivity contribution in [2.75, 3.05) is 11.9 Å². The molecule has 0 atom stereocenters. The van der Waals surface area contributed by atoms with Gasteiger partial charge in [0, 0.05) is 16.7 Å². The number of carbonyl (C=O) groups is 2. The van der Waals surface area contributed by atoms with Crippen molar-refractivity contribution in [1.82, 2.24) is 0 Å². The van der Waals surface area contributed by atoms with E-state index in [0.29, 0.717) is 38.9 Å².